The number of benzene rings is 3. The number of rotatable bonds is 10. The number of ether oxygens (including phenoxy) is 1. The monoisotopic (exact) mass is 516 g/mol. The Morgan fingerprint density at radius 1 is 0.703 bits per heavy atom. The second-order valence-electron chi connectivity index (χ2n) is 10.1. The molecule has 1 nitrogen and oxygen atoms in total. The van der Waals surface area contributed by atoms with E-state index in [2.05, 4.69) is 6.92 Å². The van der Waals surface area contributed by atoms with Crippen molar-refractivity contribution < 1.29 is 26.7 Å². The topological polar surface area (TPSA) is 9.23 Å². The van der Waals surface area contributed by atoms with Crippen LogP contribution < -0.4 is 4.74 Å². The third-order valence-corrected chi connectivity index (χ3v) is 7.54. The van der Waals surface area contributed by atoms with Crippen molar-refractivity contribution in [3.8, 4) is 22.6 Å². The lowest BCUT2D eigenvalue weighted by Gasteiger charge is -2.28. The number of hydrogen-bond acceptors (Lipinski definition) is 1. The highest BCUT2D eigenvalue weighted by Crippen LogP contribution is 2.38. The van der Waals surface area contributed by atoms with Crippen LogP contribution in [-0.4, -0.2) is 0 Å². The van der Waals surface area contributed by atoms with Gasteiger partial charge in [0.25, 0.3) is 0 Å². The Bertz CT molecular complexity index is 1180. The first-order valence-electron chi connectivity index (χ1n) is 13.3. The maximum absolute atomic E-state index is 15.4. The third-order valence-electron chi connectivity index (χ3n) is 7.54. The van der Waals surface area contributed by atoms with Crippen molar-refractivity contribution in [2.75, 3.05) is 0 Å². The van der Waals surface area contributed by atoms with Gasteiger partial charge in [0.2, 0.25) is 0 Å². The Morgan fingerprint density at radius 2 is 1.35 bits per heavy atom. The van der Waals surface area contributed by atoms with Gasteiger partial charge in [0.1, 0.15) is 11.6 Å². The van der Waals surface area contributed by atoms with Crippen molar-refractivity contribution in [2.24, 2.45) is 11.8 Å². The molecule has 3 aromatic rings. The second-order valence-corrected chi connectivity index (χ2v) is 10.1. The molecule has 1 fully saturated rings. The summed E-state index contributed by atoms with van der Waals surface area (Å²) >= 11 is 0. The van der Waals surface area contributed by atoms with Crippen LogP contribution in [-0.2, 0) is 6.42 Å². The fourth-order valence-corrected chi connectivity index (χ4v) is 5.35. The van der Waals surface area contributed by atoms with Crippen LogP contribution in [0.2, 0.25) is 0 Å². The fraction of sp³-hybridized carbons (Fsp3) is 0.419. The van der Waals surface area contributed by atoms with Gasteiger partial charge < -0.3 is 4.74 Å². The molecule has 0 atom stereocenters. The van der Waals surface area contributed by atoms with E-state index in [0.717, 1.165) is 30.9 Å². The Hall–Kier alpha value is -2.89. The summed E-state index contributed by atoms with van der Waals surface area (Å²) in [5.41, 5.74) is 0.278. The van der Waals surface area contributed by atoms with Crippen LogP contribution in [0.25, 0.3) is 11.1 Å². The molecule has 198 valence electrons. The summed E-state index contributed by atoms with van der Waals surface area (Å²) in [6, 6.07) is 10.4. The summed E-state index contributed by atoms with van der Waals surface area (Å²) in [5, 5.41) is 0. The highest BCUT2D eigenvalue weighted by Gasteiger charge is 2.23. The molecule has 0 bridgehead atoms. The molecule has 1 saturated carbocycles. The SMILES string of the molecule is CCCCCC1CCC(CCc2c(F)ccc(Oc3ccccc3-c3cc(F)c(F)c(F)c3)c2F)CC1. The Balaban J connectivity index is 1.46. The molecule has 0 N–H and O–H groups in total. The van der Waals surface area contributed by atoms with Crippen molar-refractivity contribution in [2.45, 2.75) is 71.1 Å². The van der Waals surface area contributed by atoms with Crippen molar-refractivity contribution in [1.29, 1.82) is 0 Å². The van der Waals surface area contributed by atoms with Crippen molar-refractivity contribution in [3.05, 3.63) is 83.2 Å². The smallest absolute Gasteiger partial charge is 0.194 e. The lowest BCUT2D eigenvalue weighted by Crippen LogP contribution is -2.15. The van der Waals surface area contributed by atoms with Crippen molar-refractivity contribution >= 4 is 0 Å². The number of unbranched alkanes of at least 4 members (excludes halogenated alkanes) is 2. The minimum absolute atomic E-state index is 0.0149. The van der Waals surface area contributed by atoms with Gasteiger partial charge in [0.15, 0.2) is 29.0 Å². The van der Waals surface area contributed by atoms with E-state index in [0.29, 0.717) is 12.3 Å². The molecule has 1 aliphatic rings. The van der Waals surface area contributed by atoms with E-state index >= 15 is 4.39 Å². The zero-order chi connectivity index (χ0) is 26.4. The molecule has 4 rings (SSSR count). The number of halogens is 5. The Morgan fingerprint density at radius 3 is 2.03 bits per heavy atom. The first-order chi connectivity index (χ1) is 17.9. The molecule has 0 amide bonds. The highest BCUT2D eigenvalue weighted by molar-refractivity contribution is 5.71. The molecule has 0 spiro atoms. The highest BCUT2D eigenvalue weighted by atomic mass is 19.2. The van der Waals surface area contributed by atoms with Gasteiger partial charge in [-0.3, -0.25) is 0 Å². The molecular weight excluding hydrogens is 483 g/mol. The van der Waals surface area contributed by atoms with E-state index < -0.39 is 29.1 Å². The molecule has 3 aromatic carbocycles. The second kappa shape index (κ2) is 12.6. The van der Waals surface area contributed by atoms with Gasteiger partial charge in [-0.05, 0) is 60.6 Å². The molecule has 6 heteroatoms. The quantitative estimate of drug-likeness (QED) is 0.148. The molecular formula is C31H33F5O. The molecule has 0 radical (unpaired) electrons. The fourth-order valence-electron chi connectivity index (χ4n) is 5.35. The van der Waals surface area contributed by atoms with Gasteiger partial charge in [0.05, 0.1) is 0 Å². The van der Waals surface area contributed by atoms with Crippen LogP contribution in [0, 0.1) is 40.9 Å². The first kappa shape index (κ1) is 27.2. The third kappa shape index (κ3) is 6.71. The summed E-state index contributed by atoms with van der Waals surface area (Å²) in [5.74, 6) is -4.47. The maximum Gasteiger partial charge on any atom is 0.194 e. The minimum atomic E-state index is -1.57. The zero-order valence-electron chi connectivity index (χ0n) is 21.1. The summed E-state index contributed by atoms with van der Waals surface area (Å²) in [6.07, 6.45) is 10.6. The van der Waals surface area contributed by atoms with Crippen LogP contribution >= 0.6 is 0 Å². The molecule has 1 aliphatic carbocycles. The summed E-state index contributed by atoms with van der Waals surface area (Å²) in [7, 11) is 0. The zero-order valence-corrected chi connectivity index (χ0v) is 21.1. The van der Waals surface area contributed by atoms with Crippen LogP contribution in [0.5, 0.6) is 11.5 Å². The van der Waals surface area contributed by atoms with Crippen molar-refractivity contribution in [3.63, 3.8) is 0 Å². The van der Waals surface area contributed by atoms with E-state index in [1.165, 1.54) is 62.8 Å². The predicted molar refractivity (Wildman–Crippen MR) is 136 cm³/mol. The van der Waals surface area contributed by atoms with E-state index in [9.17, 15) is 17.6 Å². The lowest BCUT2D eigenvalue weighted by atomic mass is 9.77. The molecule has 37 heavy (non-hydrogen) atoms. The van der Waals surface area contributed by atoms with Crippen LogP contribution in [0.1, 0.15) is 70.3 Å². The van der Waals surface area contributed by atoms with Gasteiger partial charge >= 0.3 is 0 Å². The van der Waals surface area contributed by atoms with Crippen LogP contribution in [0.15, 0.2) is 48.5 Å². The number of para-hydroxylation sites is 1. The Kier molecular flexibility index (Phi) is 9.23. The van der Waals surface area contributed by atoms with Gasteiger partial charge in [-0.15, -0.1) is 0 Å². The lowest BCUT2D eigenvalue weighted by molar-refractivity contribution is 0.248. The number of hydrogen-bond donors (Lipinski definition) is 0. The summed E-state index contributed by atoms with van der Waals surface area (Å²) < 4.78 is 76.8. The van der Waals surface area contributed by atoms with E-state index in [-0.39, 0.29) is 34.6 Å². The van der Waals surface area contributed by atoms with Gasteiger partial charge in [0, 0.05) is 11.1 Å². The Labute approximate surface area is 215 Å². The van der Waals surface area contributed by atoms with Gasteiger partial charge in [-0.2, -0.15) is 0 Å². The van der Waals surface area contributed by atoms with E-state index in [4.69, 9.17) is 4.74 Å². The predicted octanol–water partition coefficient (Wildman–Crippen LogP) is 10.2. The van der Waals surface area contributed by atoms with Crippen molar-refractivity contribution in [1.82, 2.24) is 0 Å². The molecule has 0 saturated heterocycles. The normalized spacial score (nSPS) is 17.7. The largest absolute Gasteiger partial charge is 0.454 e. The van der Waals surface area contributed by atoms with Crippen LogP contribution in [0.4, 0.5) is 22.0 Å². The van der Waals surface area contributed by atoms with Crippen LogP contribution in [0.3, 0.4) is 0 Å². The molecule has 0 unspecified atom stereocenters. The average Bonchev–Trinajstić information content (AvgIpc) is 2.90. The summed E-state index contributed by atoms with van der Waals surface area (Å²) in [6.45, 7) is 2.21. The van der Waals surface area contributed by atoms with Gasteiger partial charge in [-0.1, -0.05) is 76.5 Å². The standard InChI is InChI=1S/C31H33F5O/c1-2-3-4-7-20-10-12-21(13-11-20)14-15-24-25(32)16-17-29(30(24)35)37-28-9-6-5-8-23(28)22-18-26(33)31(36)27(34)19-22/h5-6,8-9,16-21H,2-4,7,10-15H2,1H3. The van der Waals surface area contributed by atoms with Gasteiger partial charge in [-0.25, -0.2) is 22.0 Å². The molecule has 0 aliphatic heterocycles. The molecule has 0 aromatic heterocycles. The summed E-state index contributed by atoms with van der Waals surface area (Å²) in [4.78, 5) is 0. The maximum atomic E-state index is 15.4. The molecule has 0 heterocycles. The average molecular weight is 517 g/mol. The van der Waals surface area contributed by atoms with E-state index in [1.807, 2.05) is 0 Å². The van der Waals surface area contributed by atoms with E-state index in [1.54, 1.807) is 12.1 Å². The minimum Gasteiger partial charge on any atom is -0.454 e. The first-order valence-corrected chi connectivity index (χ1v) is 13.3.